The maximum Gasteiger partial charge on any atom is 0.506 e. The third-order valence-corrected chi connectivity index (χ3v) is 8.84. The van der Waals surface area contributed by atoms with E-state index in [4.69, 9.17) is 4.74 Å². The van der Waals surface area contributed by atoms with Gasteiger partial charge in [-0.15, -0.1) is 0 Å². The maximum absolute atomic E-state index is 13.5. The summed E-state index contributed by atoms with van der Waals surface area (Å²) in [6.07, 6.45) is 3.32. The average molecular weight is 456 g/mol. The lowest BCUT2D eigenvalue weighted by Crippen LogP contribution is -2.66. The fraction of sp³-hybridized carbons (Fsp3) is 0.692. The molecule has 1 amide bonds. The number of piperazine rings is 1. The summed E-state index contributed by atoms with van der Waals surface area (Å²) in [6.45, 7) is 9.69. The van der Waals surface area contributed by atoms with Gasteiger partial charge >= 0.3 is 6.16 Å². The number of carboxylic acid groups (broad SMARTS) is 1. The highest BCUT2D eigenvalue weighted by molar-refractivity contribution is 5.85. The number of nitrogens with zero attached hydrogens (tertiary/aromatic N) is 2. The molecule has 5 fully saturated rings. The van der Waals surface area contributed by atoms with Crippen LogP contribution in [0.3, 0.4) is 0 Å². The zero-order chi connectivity index (χ0) is 23.4. The number of aryl methyl sites for hydroxylation is 1. The quantitative estimate of drug-likeness (QED) is 0.660. The summed E-state index contributed by atoms with van der Waals surface area (Å²) in [5, 5.41) is 12.7. The number of hydrogen-bond donors (Lipinski definition) is 2. The largest absolute Gasteiger partial charge is 0.506 e. The summed E-state index contributed by atoms with van der Waals surface area (Å²) >= 11 is 0. The number of nitrogens with one attached hydrogen (secondary N) is 1. The molecule has 0 aromatic heterocycles. The summed E-state index contributed by atoms with van der Waals surface area (Å²) in [4.78, 5) is 29.5. The molecular formula is C26H37N3O4. The van der Waals surface area contributed by atoms with E-state index in [0.717, 1.165) is 58.3 Å². The topological polar surface area (TPSA) is 82.1 Å². The second-order valence-corrected chi connectivity index (χ2v) is 11.4. The Bertz CT molecular complexity index is 891. The first-order valence-electron chi connectivity index (χ1n) is 12.4. The summed E-state index contributed by atoms with van der Waals surface area (Å²) in [5.41, 5.74) is 1.41. The fourth-order valence-electron chi connectivity index (χ4n) is 7.25. The van der Waals surface area contributed by atoms with Gasteiger partial charge in [-0.1, -0.05) is 17.7 Å². The van der Waals surface area contributed by atoms with E-state index in [9.17, 15) is 14.7 Å². The van der Waals surface area contributed by atoms with Crippen molar-refractivity contribution >= 4 is 17.7 Å². The van der Waals surface area contributed by atoms with E-state index in [1.807, 2.05) is 13.8 Å². The standard InChI is InChI=1S/C26H37N3O4/c1-17-4-6-21(7-5-17)28-8-10-29(11-9-28)25(2,3)23(30)27-22-19-12-18-13-20(22)16-26(14-18,15-19)33-24(31)32/h4-7,18-20,22H,8-16H2,1-3H3,(H,27,30)(H,31,32). The molecule has 33 heavy (non-hydrogen) atoms. The van der Waals surface area contributed by atoms with Crippen LogP contribution in [0.15, 0.2) is 24.3 Å². The molecular weight excluding hydrogens is 418 g/mol. The predicted molar refractivity (Wildman–Crippen MR) is 126 cm³/mol. The van der Waals surface area contributed by atoms with Gasteiger partial charge in [-0.05, 0) is 82.8 Å². The van der Waals surface area contributed by atoms with Crippen molar-refractivity contribution in [2.75, 3.05) is 31.1 Å². The van der Waals surface area contributed by atoms with Crippen LogP contribution in [0.5, 0.6) is 0 Å². The van der Waals surface area contributed by atoms with Crippen LogP contribution in [0, 0.1) is 24.7 Å². The van der Waals surface area contributed by atoms with Gasteiger partial charge < -0.3 is 20.1 Å². The first-order chi connectivity index (χ1) is 15.6. The van der Waals surface area contributed by atoms with Crippen molar-refractivity contribution in [1.29, 1.82) is 0 Å². The minimum Gasteiger partial charge on any atom is -0.450 e. The van der Waals surface area contributed by atoms with Gasteiger partial charge in [0.25, 0.3) is 0 Å². The highest BCUT2D eigenvalue weighted by Gasteiger charge is 2.58. The van der Waals surface area contributed by atoms with E-state index in [0.29, 0.717) is 17.8 Å². The number of carbonyl (C=O) groups is 2. The van der Waals surface area contributed by atoms with Crippen molar-refractivity contribution in [3.05, 3.63) is 29.8 Å². The van der Waals surface area contributed by atoms with E-state index in [-0.39, 0.29) is 11.9 Å². The molecule has 1 saturated heterocycles. The van der Waals surface area contributed by atoms with Crippen LogP contribution in [0.25, 0.3) is 0 Å². The highest BCUT2D eigenvalue weighted by Crippen LogP contribution is 2.57. The Labute approximate surface area is 196 Å². The maximum atomic E-state index is 13.5. The van der Waals surface area contributed by atoms with Crippen molar-refractivity contribution in [2.24, 2.45) is 17.8 Å². The van der Waals surface area contributed by atoms with Crippen molar-refractivity contribution in [1.82, 2.24) is 10.2 Å². The molecule has 1 aliphatic heterocycles. The Kier molecular flexibility index (Phi) is 5.58. The molecule has 1 heterocycles. The number of amides is 1. The molecule has 2 atom stereocenters. The molecule has 1 aromatic rings. The molecule has 2 N–H and O–H groups in total. The number of rotatable bonds is 5. The molecule has 0 radical (unpaired) electrons. The van der Waals surface area contributed by atoms with Crippen molar-refractivity contribution in [3.63, 3.8) is 0 Å². The van der Waals surface area contributed by atoms with Crippen LogP contribution in [-0.2, 0) is 9.53 Å². The monoisotopic (exact) mass is 455 g/mol. The average Bonchev–Trinajstić information content (AvgIpc) is 2.75. The third-order valence-electron chi connectivity index (χ3n) is 8.84. The lowest BCUT2D eigenvalue weighted by atomic mass is 9.52. The molecule has 4 aliphatic carbocycles. The van der Waals surface area contributed by atoms with Crippen LogP contribution in [0.1, 0.15) is 51.5 Å². The molecule has 0 spiro atoms. The number of anilines is 1. The molecule has 180 valence electrons. The first-order valence-corrected chi connectivity index (χ1v) is 12.4. The predicted octanol–water partition coefficient (Wildman–Crippen LogP) is 3.65. The lowest BCUT2D eigenvalue weighted by molar-refractivity contribution is -0.157. The molecule has 7 nitrogen and oxygen atoms in total. The number of benzene rings is 1. The van der Waals surface area contributed by atoms with Crippen LogP contribution >= 0.6 is 0 Å². The van der Waals surface area contributed by atoms with Gasteiger partial charge in [0.15, 0.2) is 0 Å². The summed E-state index contributed by atoms with van der Waals surface area (Å²) in [5.74, 6) is 1.25. The zero-order valence-corrected chi connectivity index (χ0v) is 20.0. The second kappa shape index (κ2) is 8.19. The smallest absolute Gasteiger partial charge is 0.450 e. The van der Waals surface area contributed by atoms with E-state index in [1.54, 1.807) is 0 Å². The van der Waals surface area contributed by atoms with Gasteiger partial charge in [0, 0.05) is 37.9 Å². The van der Waals surface area contributed by atoms with Crippen molar-refractivity contribution in [2.45, 2.75) is 70.1 Å². The second-order valence-electron chi connectivity index (χ2n) is 11.4. The van der Waals surface area contributed by atoms with Crippen LogP contribution in [-0.4, -0.2) is 65.4 Å². The molecule has 2 unspecified atom stereocenters. The summed E-state index contributed by atoms with van der Waals surface area (Å²) in [7, 11) is 0. The molecule has 4 bridgehead atoms. The van der Waals surface area contributed by atoms with Gasteiger partial charge in [-0.3, -0.25) is 9.69 Å². The number of hydrogen-bond acceptors (Lipinski definition) is 5. The van der Waals surface area contributed by atoms with Crippen molar-refractivity contribution < 1.29 is 19.4 Å². The number of ether oxygens (including phenoxy) is 1. The Morgan fingerprint density at radius 1 is 1.03 bits per heavy atom. The van der Waals surface area contributed by atoms with Gasteiger partial charge in [-0.2, -0.15) is 0 Å². The number of carbonyl (C=O) groups excluding carboxylic acids is 1. The first kappa shape index (κ1) is 22.5. The highest BCUT2D eigenvalue weighted by atomic mass is 16.7. The van der Waals surface area contributed by atoms with Crippen LogP contribution < -0.4 is 10.2 Å². The lowest BCUT2D eigenvalue weighted by Gasteiger charge is -2.59. The van der Waals surface area contributed by atoms with Gasteiger partial charge in [0.05, 0.1) is 5.54 Å². The summed E-state index contributed by atoms with van der Waals surface area (Å²) < 4.78 is 5.41. The Morgan fingerprint density at radius 3 is 2.21 bits per heavy atom. The van der Waals surface area contributed by atoms with Gasteiger partial charge in [0.2, 0.25) is 5.91 Å². The zero-order valence-electron chi connectivity index (χ0n) is 20.0. The van der Waals surface area contributed by atoms with Gasteiger partial charge in [-0.25, -0.2) is 4.79 Å². The van der Waals surface area contributed by atoms with E-state index >= 15 is 0 Å². The Balaban J connectivity index is 1.20. The Hall–Kier alpha value is -2.28. The van der Waals surface area contributed by atoms with E-state index in [2.05, 4.69) is 46.3 Å². The van der Waals surface area contributed by atoms with Crippen LogP contribution in [0.2, 0.25) is 0 Å². The van der Waals surface area contributed by atoms with E-state index < -0.39 is 17.3 Å². The molecule has 1 aromatic carbocycles. The van der Waals surface area contributed by atoms with Gasteiger partial charge in [0.1, 0.15) is 5.60 Å². The minimum atomic E-state index is -1.16. The normalized spacial score (nSPS) is 33.7. The fourth-order valence-corrected chi connectivity index (χ4v) is 7.25. The Morgan fingerprint density at radius 2 is 1.64 bits per heavy atom. The SMILES string of the molecule is Cc1ccc(N2CCN(C(C)(C)C(=O)NC3C4CC5CC3CC(OC(=O)O)(C5)C4)CC2)cc1. The molecule has 5 aliphatic rings. The van der Waals surface area contributed by atoms with Crippen molar-refractivity contribution in [3.8, 4) is 0 Å². The molecule has 6 rings (SSSR count). The van der Waals surface area contributed by atoms with E-state index in [1.165, 1.54) is 11.3 Å². The minimum absolute atomic E-state index is 0.0944. The summed E-state index contributed by atoms with van der Waals surface area (Å²) in [6, 6.07) is 8.78. The van der Waals surface area contributed by atoms with Crippen LogP contribution in [0.4, 0.5) is 10.5 Å². The third kappa shape index (κ3) is 4.20. The molecule has 7 heteroatoms. The molecule has 4 saturated carbocycles.